The number of nitrogens with two attached hydrogens (primary N) is 1. The average molecular weight is 215 g/mol. The van der Waals surface area contributed by atoms with Crippen LogP contribution in [0.2, 0.25) is 0 Å². The largest absolute Gasteiger partial charge is 0.383 e. The second kappa shape index (κ2) is 4.92. The number of aryl methyl sites for hydroxylation is 1. The van der Waals surface area contributed by atoms with Gasteiger partial charge in [0.25, 0.3) is 0 Å². The van der Waals surface area contributed by atoms with Gasteiger partial charge in [-0.05, 0) is 31.0 Å². The van der Waals surface area contributed by atoms with Gasteiger partial charge in [0.15, 0.2) is 0 Å². The van der Waals surface area contributed by atoms with Crippen LogP contribution < -0.4 is 5.73 Å². The van der Waals surface area contributed by atoms with Crippen LogP contribution in [0.5, 0.6) is 0 Å². The Labute approximate surface area is 95.7 Å². The Hall–Kier alpha value is -1.64. The molecule has 2 aromatic rings. The molecule has 2 rings (SSSR count). The van der Waals surface area contributed by atoms with E-state index in [-0.39, 0.29) is 0 Å². The highest BCUT2D eigenvalue weighted by Gasteiger charge is 2.03. The first-order valence-corrected chi connectivity index (χ1v) is 5.81. The summed E-state index contributed by atoms with van der Waals surface area (Å²) in [7, 11) is 0. The highest BCUT2D eigenvalue weighted by atomic mass is 14.9. The van der Waals surface area contributed by atoms with Crippen LogP contribution in [0.15, 0.2) is 24.4 Å². The number of hydrogen-bond donors (Lipinski definition) is 1. The van der Waals surface area contributed by atoms with Crippen LogP contribution in [0.25, 0.3) is 10.9 Å². The van der Waals surface area contributed by atoms with Crippen molar-refractivity contribution in [2.45, 2.75) is 32.6 Å². The summed E-state index contributed by atoms with van der Waals surface area (Å²) in [6.07, 6.45) is 6.41. The van der Waals surface area contributed by atoms with Gasteiger partial charge in [-0.3, -0.25) is 4.98 Å². The third kappa shape index (κ3) is 2.30. The molecule has 0 fully saturated rings. The van der Waals surface area contributed by atoms with E-state index in [0.717, 1.165) is 23.0 Å². The first-order valence-electron chi connectivity index (χ1n) is 5.81. The second-order valence-corrected chi connectivity index (χ2v) is 4.03. The molecular formula is C13H17N3. The van der Waals surface area contributed by atoms with Crippen molar-refractivity contribution in [3.8, 4) is 0 Å². The predicted octanol–water partition coefficient (Wildman–Crippen LogP) is 2.94. The Bertz CT molecular complexity index is 480. The first-order chi connectivity index (χ1) is 7.81. The monoisotopic (exact) mass is 215 g/mol. The molecule has 0 aliphatic heterocycles. The molecule has 0 bridgehead atoms. The summed E-state index contributed by atoms with van der Waals surface area (Å²) in [4.78, 5) is 8.72. The molecule has 0 unspecified atom stereocenters. The molecule has 2 heterocycles. The smallest absolute Gasteiger partial charge is 0.133 e. The Kier molecular flexibility index (Phi) is 3.34. The molecule has 0 radical (unpaired) electrons. The molecule has 84 valence electrons. The summed E-state index contributed by atoms with van der Waals surface area (Å²) in [6, 6.07) is 5.89. The van der Waals surface area contributed by atoms with Crippen molar-refractivity contribution in [3.63, 3.8) is 0 Å². The van der Waals surface area contributed by atoms with E-state index in [1.165, 1.54) is 19.3 Å². The molecule has 0 aliphatic rings. The van der Waals surface area contributed by atoms with Crippen LogP contribution in [0.1, 0.15) is 31.9 Å². The maximum Gasteiger partial charge on any atom is 0.133 e. The van der Waals surface area contributed by atoms with Gasteiger partial charge in [0.2, 0.25) is 0 Å². The van der Waals surface area contributed by atoms with Crippen molar-refractivity contribution >= 4 is 16.7 Å². The fourth-order valence-corrected chi connectivity index (χ4v) is 1.84. The summed E-state index contributed by atoms with van der Waals surface area (Å²) in [6.45, 7) is 2.20. The standard InChI is InChI=1S/C13H17N3/c1-2-3-4-6-10-9-12-11(13(14)16-10)7-5-8-15-12/h5,7-9H,2-4,6H2,1H3,(H2,14,16). The second-order valence-electron chi connectivity index (χ2n) is 4.03. The number of pyridine rings is 2. The topological polar surface area (TPSA) is 51.8 Å². The fraction of sp³-hybridized carbons (Fsp3) is 0.385. The Morgan fingerprint density at radius 2 is 2.19 bits per heavy atom. The van der Waals surface area contributed by atoms with Crippen LogP contribution in [0, 0.1) is 0 Å². The van der Waals surface area contributed by atoms with Crippen molar-refractivity contribution in [2.24, 2.45) is 0 Å². The summed E-state index contributed by atoms with van der Waals surface area (Å²) in [5.41, 5.74) is 7.91. The number of aromatic nitrogens is 2. The van der Waals surface area contributed by atoms with Crippen molar-refractivity contribution in [1.29, 1.82) is 0 Å². The molecule has 2 aromatic heterocycles. The molecular weight excluding hydrogens is 198 g/mol. The molecule has 2 N–H and O–H groups in total. The lowest BCUT2D eigenvalue weighted by Crippen LogP contribution is -1.98. The Balaban J connectivity index is 2.27. The molecule has 3 nitrogen and oxygen atoms in total. The first kappa shape index (κ1) is 10.9. The quantitative estimate of drug-likeness (QED) is 0.798. The molecule has 0 aromatic carbocycles. The number of anilines is 1. The van der Waals surface area contributed by atoms with Crippen LogP contribution in [0.4, 0.5) is 5.82 Å². The number of nitrogens with zero attached hydrogens (tertiary/aromatic N) is 2. The van der Waals surface area contributed by atoms with E-state index in [9.17, 15) is 0 Å². The van der Waals surface area contributed by atoms with E-state index in [1.807, 2.05) is 18.2 Å². The van der Waals surface area contributed by atoms with Gasteiger partial charge in [-0.1, -0.05) is 19.8 Å². The highest BCUT2D eigenvalue weighted by molar-refractivity contribution is 5.88. The minimum atomic E-state index is 0.595. The van der Waals surface area contributed by atoms with Crippen molar-refractivity contribution < 1.29 is 0 Å². The van der Waals surface area contributed by atoms with E-state index < -0.39 is 0 Å². The number of hydrogen-bond acceptors (Lipinski definition) is 3. The van der Waals surface area contributed by atoms with Gasteiger partial charge < -0.3 is 5.73 Å². The van der Waals surface area contributed by atoms with E-state index in [1.54, 1.807) is 6.20 Å². The molecule has 3 heteroatoms. The predicted molar refractivity (Wildman–Crippen MR) is 67.2 cm³/mol. The zero-order chi connectivity index (χ0) is 11.4. The third-order valence-electron chi connectivity index (χ3n) is 2.72. The molecule has 0 spiro atoms. The SMILES string of the molecule is CCCCCc1cc2ncccc2c(N)n1. The average Bonchev–Trinajstić information content (AvgIpc) is 2.30. The number of fused-ring (bicyclic) bond motifs is 1. The number of rotatable bonds is 4. The van der Waals surface area contributed by atoms with Gasteiger partial charge in [0.1, 0.15) is 5.82 Å². The van der Waals surface area contributed by atoms with Crippen LogP contribution >= 0.6 is 0 Å². The maximum absolute atomic E-state index is 5.91. The molecule has 0 aliphatic carbocycles. The molecule has 0 atom stereocenters. The lowest BCUT2D eigenvalue weighted by Gasteiger charge is -2.05. The third-order valence-corrected chi connectivity index (χ3v) is 2.72. The lowest BCUT2D eigenvalue weighted by molar-refractivity contribution is 0.708. The number of unbranched alkanes of at least 4 members (excludes halogenated alkanes) is 2. The zero-order valence-electron chi connectivity index (χ0n) is 9.61. The molecule has 0 saturated carbocycles. The van der Waals surface area contributed by atoms with Crippen LogP contribution in [-0.2, 0) is 6.42 Å². The summed E-state index contributed by atoms with van der Waals surface area (Å²) < 4.78 is 0. The van der Waals surface area contributed by atoms with Crippen molar-refractivity contribution in [2.75, 3.05) is 5.73 Å². The zero-order valence-corrected chi connectivity index (χ0v) is 9.61. The van der Waals surface area contributed by atoms with Crippen LogP contribution in [-0.4, -0.2) is 9.97 Å². The van der Waals surface area contributed by atoms with Gasteiger partial charge >= 0.3 is 0 Å². The maximum atomic E-state index is 5.91. The minimum absolute atomic E-state index is 0.595. The van der Waals surface area contributed by atoms with E-state index in [0.29, 0.717) is 5.82 Å². The van der Waals surface area contributed by atoms with E-state index in [2.05, 4.69) is 16.9 Å². The van der Waals surface area contributed by atoms with Crippen LogP contribution in [0.3, 0.4) is 0 Å². The van der Waals surface area contributed by atoms with E-state index in [4.69, 9.17) is 5.73 Å². The minimum Gasteiger partial charge on any atom is -0.383 e. The summed E-state index contributed by atoms with van der Waals surface area (Å²) in [5.74, 6) is 0.595. The van der Waals surface area contributed by atoms with E-state index >= 15 is 0 Å². The van der Waals surface area contributed by atoms with Gasteiger partial charge in [-0.15, -0.1) is 0 Å². The van der Waals surface area contributed by atoms with Gasteiger partial charge in [0, 0.05) is 17.3 Å². The fourth-order valence-electron chi connectivity index (χ4n) is 1.84. The Morgan fingerprint density at radius 3 is 3.00 bits per heavy atom. The van der Waals surface area contributed by atoms with Crippen molar-refractivity contribution in [3.05, 3.63) is 30.1 Å². The van der Waals surface area contributed by atoms with Gasteiger partial charge in [0.05, 0.1) is 5.52 Å². The van der Waals surface area contributed by atoms with Crippen molar-refractivity contribution in [1.82, 2.24) is 9.97 Å². The Morgan fingerprint density at radius 1 is 1.31 bits per heavy atom. The molecule has 0 amide bonds. The molecule has 0 saturated heterocycles. The molecule has 16 heavy (non-hydrogen) atoms. The van der Waals surface area contributed by atoms with Gasteiger partial charge in [-0.2, -0.15) is 0 Å². The normalized spacial score (nSPS) is 10.8. The summed E-state index contributed by atoms with van der Waals surface area (Å²) >= 11 is 0. The number of nitrogen functional groups attached to an aromatic ring is 1. The lowest BCUT2D eigenvalue weighted by atomic mass is 10.1. The highest BCUT2D eigenvalue weighted by Crippen LogP contribution is 2.18. The van der Waals surface area contributed by atoms with Gasteiger partial charge in [-0.25, -0.2) is 4.98 Å². The summed E-state index contributed by atoms with van der Waals surface area (Å²) in [5, 5.41) is 0.946.